The Morgan fingerprint density at radius 1 is 0.960 bits per heavy atom. The van der Waals surface area contributed by atoms with E-state index in [-0.39, 0.29) is 29.0 Å². The molecule has 2 amide bonds. The van der Waals surface area contributed by atoms with E-state index in [4.69, 9.17) is 4.43 Å². The van der Waals surface area contributed by atoms with Crippen LogP contribution >= 0.6 is 0 Å². The van der Waals surface area contributed by atoms with Gasteiger partial charge in [0.2, 0.25) is 0 Å². The van der Waals surface area contributed by atoms with Crippen molar-refractivity contribution >= 4 is 20.1 Å². The van der Waals surface area contributed by atoms with E-state index >= 15 is 0 Å². The second kappa shape index (κ2) is 6.36. The molecule has 0 bridgehead atoms. The van der Waals surface area contributed by atoms with E-state index in [0.717, 1.165) is 25.7 Å². The van der Waals surface area contributed by atoms with Crippen LogP contribution in [0.25, 0.3) is 0 Å². The van der Waals surface area contributed by atoms with E-state index in [9.17, 15) is 9.59 Å². The Kier molecular flexibility index (Phi) is 4.66. The molecule has 1 saturated carbocycles. The van der Waals surface area contributed by atoms with E-state index in [2.05, 4.69) is 33.9 Å². The van der Waals surface area contributed by atoms with Crippen LogP contribution in [0.3, 0.4) is 0 Å². The van der Waals surface area contributed by atoms with Crippen molar-refractivity contribution in [1.29, 1.82) is 0 Å². The van der Waals surface area contributed by atoms with Crippen molar-refractivity contribution in [1.82, 2.24) is 4.90 Å². The van der Waals surface area contributed by atoms with E-state index in [1.165, 1.54) is 4.90 Å². The zero-order valence-corrected chi connectivity index (χ0v) is 17.0. The van der Waals surface area contributed by atoms with Crippen molar-refractivity contribution in [3.8, 4) is 0 Å². The highest BCUT2D eigenvalue weighted by Gasteiger charge is 2.41. The van der Waals surface area contributed by atoms with Gasteiger partial charge in [-0.05, 0) is 46.1 Å². The summed E-state index contributed by atoms with van der Waals surface area (Å²) >= 11 is 0. The topological polar surface area (TPSA) is 46.6 Å². The molecule has 0 radical (unpaired) electrons. The normalized spacial score (nSPS) is 24.6. The first-order valence-corrected chi connectivity index (χ1v) is 12.2. The van der Waals surface area contributed by atoms with Crippen LogP contribution in [-0.4, -0.2) is 37.2 Å². The molecule has 4 nitrogen and oxygen atoms in total. The Labute approximate surface area is 151 Å². The molecular weight excluding hydrogens is 330 g/mol. The van der Waals surface area contributed by atoms with Gasteiger partial charge in [0.05, 0.1) is 11.1 Å². The zero-order chi connectivity index (χ0) is 18.4. The number of carbonyl (C=O) groups excluding carboxylic acids is 2. The smallest absolute Gasteiger partial charge is 0.261 e. The van der Waals surface area contributed by atoms with Gasteiger partial charge in [0.1, 0.15) is 0 Å². The van der Waals surface area contributed by atoms with Gasteiger partial charge in [0.25, 0.3) is 11.8 Å². The molecule has 1 heterocycles. The van der Waals surface area contributed by atoms with Gasteiger partial charge in [-0.1, -0.05) is 32.9 Å². The number of carbonyl (C=O) groups is 2. The summed E-state index contributed by atoms with van der Waals surface area (Å²) in [5.41, 5.74) is 1.10. The highest BCUT2D eigenvalue weighted by molar-refractivity contribution is 6.74. The maximum absolute atomic E-state index is 12.6. The number of imide groups is 1. The van der Waals surface area contributed by atoms with Crippen molar-refractivity contribution in [3.05, 3.63) is 35.4 Å². The predicted molar refractivity (Wildman–Crippen MR) is 101 cm³/mol. The highest BCUT2D eigenvalue weighted by atomic mass is 28.4. The van der Waals surface area contributed by atoms with Crippen LogP contribution in [0.4, 0.5) is 0 Å². The lowest BCUT2D eigenvalue weighted by atomic mass is 9.92. The van der Waals surface area contributed by atoms with Gasteiger partial charge in [-0.3, -0.25) is 14.5 Å². The molecule has 1 aliphatic carbocycles. The van der Waals surface area contributed by atoms with Gasteiger partial charge in [0.15, 0.2) is 0 Å². The molecule has 0 aromatic heterocycles. The van der Waals surface area contributed by atoms with Crippen LogP contribution < -0.4 is 0 Å². The van der Waals surface area contributed by atoms with Gasteiger partial charge < -0.3 is 4.43 Å². The third kappa shape index (κ3) is 3.32. The van der Waals surface area contributed by atoms with E-state index in [0.29, 0.717) is 11.1 Å². The molecule has 0 unspecified atom stereocenters. The lowest BCUT2D eigenvalue weighted by Crippen LogP contribution is -2.47. The monoisotopic (exact) mass is 359 g/mol. The molecule has 2 aliphatic rings. The summed E-state index contributed by atoms with van der Waals surface area (Å²) in [5.74, 6) is -0.260. The molecule has 1 fully saturated rings. The summed E-state index contributed by atoms with van der Waals surface area (Å²) in [6.45, 7) is 11.3. The second-order valence-electron chi connectivity index (χ2n) is 8.83. The zero-order valence-electron chi connectivity index (χ0n) is 16.0. The summed E-state index contributed by atoms with van der Waals surface area (Å²) in [6.07, 6.45) is 3.78. The van der Waals surface area contributed by atoms with Crippen molar-refractivity contribution in [2.45, 2.75) is 76.7 Å². The summed E-state index contributed by atoms with van der Waals surface area (Å²) in [6, 6.07) is 7.14. The van der Waals surface area contributed by atoms with E-state index in [1.807, 2.05) is 12.1 Å². The fourth-order valence-electron chi connectivity index (χ4n) is 3.55. The molecule has 1 aromatic rings. The van der Waals surface area contributed by atoms with Gasteiger partial charge in [-0.25, -0.2) is 0 Å². The minimum Gasteiger partial charge on any atom is -0.562 e. The number of amides is 2. The number of hydrogen-bond donors (Lipinski definition) is 0. The van der Waals surface area contributed by atoms with E-state index < -0.39 is 8.32 Å². The lowest BCUT2D eigenvalue weighted by molar-refractivity contribution is 0.0464. The molecule has 137 valence electrons. The third-order valence-electron chi connectivity index (χ3n) is 6.10. The summed E-state index contributed by atoms with van der Waals surface area (Å²) in [4.78, 5) is 26.8. The number of hydrogen-bond acceptors (Lipinski definition) is 3. The fraction of sp³-hybridized carbons (Fsp3) is 0.600. The van der Waals surface area contributed by atoms with Crippen molar-refractivity contribution < 1.29 is 14.0 Å². The molecule has 0 atom stereocenters. The Morgan fingerprint density at radius 2 is 1.44 bits per heavy atom. The number of benzene rings is 1. The average Bonchev–Trinajstić information content (AvgIpc) is 2.79. The summed E-state index contributed by atoms with van der Waals surface area (Å²) in [5, 5.41) is 0.201. The van der Waals surface area contributed by atoms with Crippen LogP contribution in [0.1, 0.15) is 67.2 Å². The Bertz CT molecular complexity index is 649. The second-order valence-corrected chi connectivity index (χ2v) is 13.6. The van der Waals surface area contributed by atoms with Crippen LogP contribution in [-0.2, 0) is 4.43 Å². The van der Waals surface area contributed by atoms with Crippen molar-refractivity contribution in [3.63, 3.8) is 0 Å². The quantitative estimate of drug-likeness (QED) is 0.584. The molecule has 1 aliphatic heterocycles. The minimum atomic E-state index is -1.77. The molecule has 0 N–H and O–H groups in total. The van der Waals surface area contributed by atoms with E-state index in [1.54, 1.807) is 12.1 Å². The molecule has 1 aromatic carbocycles. The standard InChI is InChI=1S/C20H29NO3Si/c1-20(2,3)25(4,5)24-15-12-10-14(11-13-15)21-18(22)16-8-6-7-9-17(16)19(21)23/h6-9,14-15H,10-13H2,1-5H3/q-1. The number of rotatable bonds is 3. The SMILES string of the molecule is CC(C)(C)[Si-](C)(C)OC1CCC(N2C(=O)c3ccccc3C2=O)CC1. The fourth-order valence-corrected chi connectivity index (χ4v) is 4.98. The van der Waals surface area contributed by atoms with Crippen LogP contribution in [0.5, 0.6) is 0 Å². The number of nitrogens with zero attached hydrogens (tertiary/aromatic N) is 1. The molecular formula is C20H29NO3Si-. The first kappa shape index (κ1) is 18.3. The van der Waals surface area contributed by atoms with Crippen LogP contribution in [0.15, 0.2) is 24.3 Å². The maximum Gasteiger partial charge on any atom is 0.261 e. The average molecular weight is 360 g/mol. The first-order chi connectivity index (χ1) is 11.6. The molecule has 0 spiro atoms. The van der Waals surface area contributed by atoms with Gasteiger partial charge in [-0.15, -0.1) is 18.1 Å². The Balaban J connectivity index is 1.64. The molecule has 0 saturated heterocycles. The highest BCUT2D eigenvalue weighted by Crippen LogP contribution is 2.40. The summed E-state index contributed by atoms with van der Waals surface area (Å²) < 4.78 is 6.52. The summed E-state index contributed by atoms with van der Waals surface area (Å²) in [7, 11) is -1.77. The number of fused-ring (bicyclic) bond motifs is 1. The predicted octanol–water partition coefficient (Wildman–Crippen LogP) is 4.62. The van der Waals surface area contributed by atoms with Crippen molar-refractivity contribution in [2.24, 2.45) is 0 Å². The third-order valence-corrected chi connectivity index (χ3v) is 10.6. The first-order valence-electron chi connectivity index (χ1n) is 9.26. The van der Waals surface area contributed by atoms with Crippen LogP contribution in [0, 0.1) is 0 Å². The van der Waals surface area contributed by atoms with Gasteiger partial charge >= 0.3 is 0 Å². The molecule has 5 heteroatoms. The minimum absolute atomic E-state index is 0.00617. The lowest BCUT2D eigenvalue weighted by Gasteiger charge is -2.52. The molecule has 25 heavy (non-hydrogen) atoms. The van der Waals surface area contributed by atoms with Crippen molar-refractivity contribution in [2.75, 3.05) is 0 Å². The molecule has 3 rings (SSSR count). The van der Waals surface area contributed by atoms with Crippen LogP contribution in [0.2, 0.25) is 18.1 Å². The maximum atomic E-state index is 12.6. The van der Waals surface area contributed by atoms with Gasteiger partial charge in [0, 0.05) is 12.1 Å². The Hall–Kier alpha value is -1.46. The Morgan fingerprint density at radius 3 is 1.88 bits per heavy atom. The largest absolute Gasteiger partial charge is 0.562 e. The van der Waals surface area contributed by atoms with Gasteiger partial charge in [-0.2, -0.15) is 0 Å².